The molecule has 0 aliphatic carbocycles. The Kier molecular flexibility index (Phi) is 2.53. The van der Waals surface area contributed by atoms with E-state index in [1.807, 2.05) is 12.1 Å². The van der Waals surface area contributed by atoms with E-state index in [1.54, 1.807) is 12.5 Å². The van der Waals surface area contributed by atoms with Crippen LogP contribution in [0.1, 0.15) is 25.3 Å². The van der Waals surface area contributed by atoms with Gasteiger partial charge in [-0.1, -0.05) is 19.9 Å². The summed E-state index contributed by atoms with van der Waals surface area (Å²) in [6.45, 7) is 8.16. The predicted molar refractivity (Wildman–Crippen MR) is 46.5 cm³/mol. The first-order valence-corrected chi connectivity index (χ1v) is 3.90. The summed E-state index contributed by atoms with van der Waals surface area (Å²) < 4.78 is 5.00. The molecule has 0 N–H and O–H groups in total. The van der Waals surface area contributed by atoms with Gasteiger partial charge in [-0.05, 0) is 17.5 Å². The molecular weight excluding hydrogens is 136 g/mol. The van der Waals surface area contributed by atoms with Crippen LogP contribution in [0.15, 0.2) is 35.7 Å². The Bertz CT molecular complexity index is 209. The molecule has 1 rings (SSSR count). The normalized spacial score (nSPS) is 13.4. The van der Waals surface area contributed by atoms with Crippen molar-refractivity contribution < 1.29 is 4.42 Å². The van der Waals surface area contributed by atoms with Gasteiger partial charge in [0.1, 0.15) is 0 Å². The van der Waals surface area contributed by atoms with Gasteiger partial charge in [-0.25, -0.2) is 0 Å². The molecule has 60 valence electrons. The average Bonchev–Trinajstić information content (AvgIpc) is 2.40. The van der Waals surface area contributed by atoms with Crippen molar-refractivity contribution in [1.82, 2.24) is 0 Å². The molecule has 0 bridgehead atoms. The predicted octanol–water partition coefficient (Wildman–Crippen LogP) is 3.21. The maximum atomic E-state index is 5.00. The second kappa shape index (κ2) is 3.42. The molecule has 1 heterocycles. The minimum absolute atomic E-state index is 0.425. The molecule has 1 atom stereocenters. The van der Waals surface area contributed by atoms with Gasteiger partial charge >= 0.3 is 0 Å². The minimum Gasteiger partial charge on any atom is -0.472 e. The number of rotatable bonds is 3. The van der Waals surface area contributed by atoms with Crippen LogP contribution >= 0.6 is 0 Å². The third-order valence-corrected chi connectivity index (χ3v) is 1.90. The third-order valence-electron chi connectivity index (χ3n) is 1.90. The lowest BCUT2D eigenvalue weighted by Gasteiger charge is -2.13. The molecule has 0 radical (unpaired) electrons. The first kappa shape index (κ1) is 8.12. The van der Waals surface area contributed by atoms with Crippen molar-refractivity contribution in [1.29, 1.82) is 0 Å². The summed E-state index contributed by atoms with van der Waals surface area (Å²) in [5, 5.41) is 0. The Hall–Kier alpha value is -0.980. The van der Waals surface area contributed by atoms with E-state index in [2.05, 4.69) is 20.4 Å². The first-order chi connectivity index (χ1) is 5.25. The molecule has 1 nitrogen and oxygen atoms in total. The Balaban J connectivity index is 2.79. The zero-order chi connectivity index (χ0) is 8.27. The number of furan rings is 1. The molecule has 0 saturated carbocycles. The van der Waals surface area contributed by atoms with E-state index < -0.39 is 0 Å². The van der Waals surface area contributed by atoms with E-state index in [4.69, 9.17) is 4.42 Å². The number of hydrogen-bond acceptors (Lipinski definition) is 1. The molecule has 0 saturated heterocycles. The lowest BCUT2D eigenvalue weighted by molar-refractivity contribution is 0.541. The highest BCUT2D eigenvalue weighted by Gasteiger charge is 2.11. The van der Waals surface area contributed by atoms with E-state index in [0.717, 1.165) is 0 Å². The molecule has 0 aliphatic rings. The molecular formula is C10H14O. The highest BCUT2D eigenvalue weighted by atomic mass is 16.3. The smallest absolute Gasteiger partial charge is 0.0940 e. The molecule has 0 unspecified atom stereocenters. The van der Waals surface area contributed by atoms with Crippen LogP contribution in [-0.2, 0) is 0 Å². The Morgan fingerprint density at radius 2 is 2.27 bits per heavy atom. The number of allylic oxidation sites excluding steroid dienone is 1. The second-order valence-corrected chi connectivity index (χ2v) is 3.06. The van der Waals surface area contributed by atoms with Gasteiger partial charge in [0.05, 0.1) is 12.5 Å². The highest BCUT2D eigenvalue weighted by molar-refractivity contribution is 5.18. The fraction of sp³-hybridized carbons (Fsp3) is 0.400. The molecule has 1 heteroatoms. The van der Waals surface area contributed by atoms with Gasteiger partial charge in [0.15, 0.2) is 0 Å². The van der Waals surface area contributed by atoms with Crippen LogP contribution in [0.2, 0.25) is 0 Å². The Morgan fingerprint density at radius 1 is 1.55 bits per heavy atom. The van der Waals surface area contributed by atoms with Crippen LogP contribution in [0.25, 0.3) is 0 Å². The summed E-state index contributed by atoms with van der Waals surface area (Å²) in [6, 6.07) is 1.99. The van der Waals surface area contributed by atoms with E-state index >= 15 is 0 Å². The van der Waals surface area contributed by atoms with Gasteiger partial charge in [0, 0.05) is 5.92 Å². The summed E-state index contributed by atoms with van der Waals surface area (Å²) in [7, 11) is 0. The van der Waals surface area contributed by atoms with Gasteiger partial charge in [0.25, 0.3) is 0 Å². The minimum atomic E-state index is 0.425. The maximum Gasteiger partial charge on any atom is 0.0940 e. The third kappa shape index (κ3) is 1.73. The highest BCUT2D eigenvalue weighted by Crippen LogP contribution is 2.25. The van der Waals surface area contributed by atoms with Crippen molar-refractivity contribution in [2.45, 2.75) is 19.8 Å². The van der Waals surface area contributed by atoms with Gasteiger partial charge in [-0.3, -0.25) is 0 Å². The van der Waals surface area contributed by atoms with Crippen molar-refractivity contribution in [2.75, 3.05) is 0 Å². The van der Waals surface area contributed by atoms with Gasteiger partial charge < -0.3 is 4.42 Å². The number of hydrogen-bond donors (Lipinski definition) is 0. The maximum absolute atomic E-state index is 5.00. The van der Waals surface area contributed by atoms with Crippen molar-refractivity contribution >= 4 is 0 Å². The monoisotopic (exact) mass is 150 g/mol. The lowest BCUT2D eigenvalue weighted by Crippen LogP contribution is -2.01. The van der Waals surface area contributed by atoms with Gasteiger partial charge in [-0.2, -0.15) is 0 Å². The van der Waals surface area contributed by atoms with E-state index in [0.29, 0.717) is 11.8 Å². The Labute approximate surface area is 67.7 Å². The van der Waals surface area contributed by atoms with Crippen molar-refractivity contribution in [2.24, 2.45) is 5.92 Å². The second-order valence-electron chi connectivity index (χ2n) is 3.06. The van der Waals surface area contributed by atoms with Crippen LogP contribution in [0, 0.1) is 5.92 Å². The summed E-state index contributed by atoms with van der Waals surface area (Å²) in [5.41, 5.74) is 1.22. The summed E-state index contributed by atoms with van der Waals surface area (Å²) in [6.07, 6.45) is 5.45. The van der Waals surface area contributed by atoms with E-state index in [9.17, 15) is 0 Å². The van der Waals surface area contributed by atoms with E-state index in [1.165, 1.54) is 5.56 Å². The molecule has 0 aliphatic heterocycles. The van der Waals surface area contributed by atoms with Crippen LogP contribution < -0.4 is 0 Å². The van der Waals surface area contributed by atoms with Crippen LogP contribution in [0.3, 0.4) is 0 Å². The van der Waals surface area contributed by atoms with Gasteiger partial charge in [0.2, 0.25) is 0 Å². The van der Waals surface area contributed by atoms with Crippen molar-refractivity contribution in [3.8, 4) is 0 Å². The molecule has 1 aromatic rings. The zero-order valence-corrected chi connectivity index (χ0v) is 7.08. The fourth-order valence-corrected chi connectivity index (χ4v) is 1.26. The molecule has 0 spiro atoms. The van der Waals surface area contributed by atoms with Gasteiger partial charge in [-0.15, -0.1) is 6.58 Å². The standard InChI is InChI=1S/C10H14O/c1-4-10(8(2)3)9-5-6-11-7-9/h4-8,10H,1H2,2-3H3/t10-/m0/s1. The van der Waals surface area contributed by atoms with E-state index in [-0.39, 0.29) is 0 Å². The molecule has 0 aromatic carbocycles. The summed E-state index contributed by atoms with van der Waals surface area (Å²) >= 11 is 0. The Morgan fingerprint density at radius 3 is 2.64 bits per heavy atom. The van der Waals surface area contributed by atoms with Crippen molar-refractivity contribution in [3.63, 3.8) is 0 Å². The largest absolute Gasteiger partial charge is 0.472 e. The molecule has 0 amide bonds. The summed E-state index contributed by atoms with van der Waals surface area (Å²) in [4.78, 5) is 0. The molecule has 0 fully saturated rings. The van der Waals surface area contributed by atoms with Crippen LogP contribution in [0.5, 0.6) is 0 Å². The SMILES string of the molecule is C=C[C@H](c1ccoc1)C(C)C. The fourth-order valence-electron chi connectivity index (χ4n) is 1.26. The first-order valence-electron chi connectivity index (χ1n) is 3.90. The average molecular weight is 150 g/mol. The van der Waals surface area contributed by atoms with Crippen LogP contribution in [-0.4, -0.2) is 0 Å². The van der Waals surface area contributed by atoms with Crippen LogP contribution in [0.4, 0.5) is 0 Å². The molecule has 11 heavy (non-hydrogen) atoms. The summed E-state index contributed by atoms with van der Waals surface area (Å²) in [5.74, 6) is 1.01. The lowest BCUT2D eigenvalue weighted by atomic mass is 9.91. The topological polar surface area (TPSA) is 13.1 Å². The molecule has 1 aromatic heterocycles. The van der Waals surface area contributed by atoms with Crippen molar-refractivity contribution in [3.05, 3.63) is 36.8 Å². The quantitative estimate of drug-likeness (QED) is 0.603. The zero-order valence-electron chi connectivity index (χ0n) is 7.08.